The fourth-order valence-electron chi connectivity index (χ4n) is 3.95. The number of nitrogens with one attached hydrogen (secondary N) is 1. The van der Waals surface area contributed by atoms with E-state index in [-0.39, 0.29) is 11.7 Å². The highest BCUT2D eigenvalue weighted by molar-refractivity contribution is 5.99. The number of ether oxygens (including phenoxy) is 2. The van der Waals surface area contributed by atoms with Gasteiger partial charge in [0.05, 0.1) is 23.9 Å². The number of aromatic nitrogens is 1. The van der Waals surface area contributed by atoms with Gasteiger partial charge in [-0.3, -0.25) is 4.79 Å². The first kappa shape index (κ1) is 21.2. The molecule has 29 heavy (non-hydrogen) atoms. The predicted octanol–water partition coefficient (Wildman–Crippen LogP) is 4.79. The van der Waals surface area contributed by atoms with Crippen LogP contribution in [0.25, 0.3) is 0 Å². The van der Waals surface area contributed by atoms with Crippen LogP contribution < -0.4 is 10.1 Å². The number of halogens is 1. The lowest BCUT2D eigenvalue weighted by Gasteiger charge is -2.36. The summed E-state index contributed by atoms with van der Waals surface area (Å²) < 4.78 is 24.3. The van der Waals surface area contributed by atoms with E-state index in [1.165, 1.54) is 12.1 Å². The molecular formula is C23H29FN2O3. The fraction of sp³-hybridized carbons (Fsp3) is 0.478. The first-order valence-electron chi connectivity index (χ1n) is 10.3. The Morgan fingerprint density at radius 1 is 1.17 bits per heavy atom. The lowest BCUT2D eigenvalue weighted by Crippen LogP contribution is -2.42. The molecule has 1 aromatic heterocycles. The first-order chi connectivity index (χ1) is 14.0. The largest absolute Gasteiger partial charge is 0.475 e. The van der Waals surface area contributed by atoms with Crippen LogP contribution in [0.3, 0.4) is 0 Å². The van der Waals surface area contributed by atoms with E-state index in [1.807, 2.05) is 19.9 Å². The van der Waals surface area contributed by atoms with Gasteiger partial charge in [0, 0.05) is 12.2 Å². The number of pyridine rings is 1. The second-order valence-electron chi connectivity index (χ2n) is 7.50. The monoisotopic (exact) mass is 400 g/mol. The third-order valence-corrected chi connectivity index (χ3v) is 5.50. The molecule has 0 unspecified atom stereocenters. The zero-order chi connectivity index (χ0) is 20.7. The van der Waals surface area contributed by atoms with Crippen molar-refractivity contribution in [3.8, 4) is 5.88 Å². The maximum atomic E-state index is 13.4. The summed E-state index contributed by atoms with van der Waals surface area (Å²) in [4.78, 5) is 17.7. The zero-order valence-corrected chi connectivity index (χ0v) is 17.2. The van der Waals surface area contributed by atoms with Crippen LogP contribution in [0.5, 0.6) is 5.88 Å². The van der Waals surface area contributed by atoms with Gasteiger partial charge in [-0.2, -0.15) is 0 Å². The minimum atomic E-state index is -0.632. The van der Waals surface area contributed by atoms with Crippen molar-refractivity contribution >= 4 is 11.6 Å². The van der Waals surface area contributed by atoms with Gasteiger partial charge >= 0.3 is 0 Å². The topological polar surface area (TPSA) is 60.5 Å². The number of anilines is 1. The molecule has 1 N–H and O–H groups in total. The van der Waals surface area contributed by atoms with Crippen molar-refractivity contribution < 1.29 is 18.7 Å². The number of hydrogen-bond donors (Lipinski definition) is 1. The summed E-state index contributed by atoms with van der Waals surface area (Å²) in [5, 5.41) is 3.03. The fourth-order valence-corrected chi connectivity index (χ4v) is 3.95. The summed E-state index contributed by atoms with van der Waals surface area (Å²) in [7, 11) is 0. The molecule has 156 valence electrons. The van der Waals surface area contributed by atoms with E-state index < -0.39 is 5.41 Å². The SMILES string of the molecule is CCOCCOc1ncc(NC(=O)C2(c3ccc(F)cc3)CCCCC2)cc1C. The molecule has 1 aliphatic carbocycles. The summed E-state index contributed by atoms with van der Waals surface area (Å²) in [5.74, 6) is 0.184. The molecule has 0 bridgehead atoms. The average molecular weight is 400 g/mol. The highest BCUT2D eigenvalue weighted by Gasteiger charge is 2.41. The number of benzene rings is 1. The van der Waals surface area contributed by atoms with Crippen molar-refractivity contribution in [2.45, 2.75) is 51.4 Å². The van der Waals surface area contributed by atoms with E-state index >= 15 is 0 Å². The molecule has 1 aromatic carbocycles. The Balaban J connectivity index is 1.74. The summed E-state index contributed by atoms with van der Waals surface area (Å²) in [6, 6.07) is 8.19. The van der Waals surface area contributed by atoms with E-state index in [1.54, 1.807) is 18.3 Å². The molecule has 0 radical (unpaired) electrons. The van der Waals surface area contributed by atoms with Crippen LogP contribution in [0.1, 0.15) is 50.2 Å². The average Bonchev–Trinajstić information content (AvgIpc) is 2.73. The van der Waals surface area contributed by atoms with Crippen molar-refractivity contribution in [1.82, 2.24) is 4.98 Å². The van der Waals surface area contributed by atoms with Crippen molar-refractivity contribution in [3.63, 3.8) is 0 Å². The number of hydrogen-bond acceptors (Lipinski definition) is 4. The normalized spacial score (nSPS) is 15.7. The van der Waals surface area contributed by atoms with Crippen LogP contribution in [-0.2, 0) is 14.9 Å². The Bertz CT molecular complexity index is 817. The third-order valence-electron chi connectivity index (χ3n) is 5.50. The van der Waals surface area contributed by atoms with Crippen LogP contribution in [0.4, 0.5) is 10.1 Å². The quantitative estimate of drug-likeness (QED) is 0.648. The molecule has 1 fully saturated rings. The molecule has 1 amide bonds. The molecule has 1 aliphatic rings. The summed E-state index contributed by atoms with van der Waals surface area (Å²) in [6.45, 7) is 5.43. The van der Waals surface area contributed by atoms with Crippen LogP contribution in [-0.4, -0.2) is 30.7 Å². The van der Waals surface area contributed by atoms with Crippen molar-refractivity contribution in [2.24, 2.45) is 0 Å². The Morgan fingerprint density at radius 2 is 1.90 bits per heavy atom. The van der Waals surface area contributed by atoms with Gasteiger partial charge in [0.15, 0.2) is 0 Å². The molecule has 1 heterocycles. The number of carbonyl (C=O) groups is 1. The molecule has 1 saturated carbocycles. The van der Waals surface area contributed by atoms with Crippen LogP contribution in [0.2, 0.25) is 0 Å². The Hall–Kier alpha value is -2.47. The van der Waals surface area contributed by atoms with Gasteiger partial charge in [-0.25, -0.2) is 9.37 Å². The number of aryl methyl sites for hydroxylation is 1. The molecule has 2 aromatic rings. The van der Waals surface area contributed by atoms with Crippen molar-refractivity contribution in [1.29, 1.82) is 0 Å². The molecular weight excluding hydrogens is 371 g/mol. The standard InChI is InChI=1S/C23H29FN2O3/c1-3-28-13-14-29-21-17(2)15-20(16-25-21)26-22(27)23(11-5-4-6-12-23)18-7-9-19(24)10-8-18/h7-10,15-16H,3-6,11-14H2,1-2H3,(H,26,27). The zero-order valence-electron chi connectivity index (χ0n) is 17.2. The Kier molecular flexibility index (Phi) is 7.20. The summed E-state index contributed by atoms with van der Waals surface area (Å²) in [5.41, 5.74) is 1.72. The van der Waals surface area contributed by atoms with E-state index in [9.17, 15) is 9.18 Å². The first-order valence-corrected chi connectivity index (χ1v) is 10.3. The number of rotatable bonds is 8. The minimum absolute atomic E-state index is 0.0602. The number of carbonyl (C=O) groups excluding carboxylic acids is 1. The number of amides is 1. The molecule has 0 spiro atoms. The Labute approximate surface area is 171 Å². The summed E-state index contributed by atoms with van der Waals surface area (Å²) >= 11 is 0. The number of nitrogens with zero attached hydrogens (tertiary/aromatic N) is 1. The van der Waals surface area contributed by atoms with Crippen LogP contribution in [0.15, 0.2) is 36.5 Å². The summed E-state index contributed by atoms with van der Waals surface area (Å²) in [6.07, 6.45) is 6.21. The Morgan fingerprint density at radius 3 is 2.55 bits per heavy atom. The van der Waals surface area contributed by atoms with E-state index in [0.717, 1.165) is 43.2 Å². The van der Waals surface area contributed by atoms with Gasteiger partial charge in [0.2, 0.25) is 11.8 Å². The highest BCUT2D eigenvalue weighted by atomic mass is 19.1. The minimum Gasteiger partial charge on any atom is -0.475 e. The van der Waals surface area contributed by atoms with Gasteiger partial charge in [0.1, 0.15) is 12.4 Å². The van der Waals surface area contributed by atoms with Crippen LogP contribution in [0, 0.1) is 12.7 Å². The molecule has 0 aliphatic heterocycles. The van der Waals surface area contributed by atoms with E-state index in [4.69, 9.17) is 9.47 Å². The second kappa shape index (κ2) is 9.83. The van der Waals surface area contributed by atoms with Gasteiger partial charge < -0.3 is 14.8 Å². The molecule has 6 heteroatoms. The molecule has 3 rings (SSSR count). The van der Waals surface area contributed by atoms with Gasteiger partial charge in [-0.05, 0) is 50.5 Å². The van der Waals surface area contributed by atoms with Gasteiger partial charge in [-0.1, -0.05) is 31.4 Å². The molecule has 5 nitrogen and oxygen atoms in total. The second-order valence-corrected chi connectivity index (χ2v) is 7.50. The molecule has 0 atom stereocenters. The lowest BCUT2D eigenvalue weighted by molar-refractivity contribution is -0.122. The van der Waals surface area contributed by atoms with Crippen molar-refractivity contribution in [2.75, 3.05) is 25.1 Å². The maximum absolute atomic E-state index is 13.4. The van der Waals surface area contributed by atoms with Crippen molar-refractivity contribution in [3.05, 3.63) is 53.5 Å². The smallest absolute Gasteiger partial charge is 0.235 e. The molecule has 0 saturated heterocycles. The highest BCUT2D eigenvalue weighted by Crippen LogP contribution is 2.40. The maximum Gasteiger partial charge on any atom is 0.235 e. The third kappa shape index (κ3) is 5.12. The van der Waals surface area contributed by atoms with E-state index in [2.05, 4.69) is 10.3 Å². The van der Waals surface area contributed by atoms with Crippen LogP contribution >= 0.6 is 0 Å². The van der Waals surface area contributed by atoms with Gasteiger partial charge in [-0.15, -0.1) is 0 Å². The van der Waals surface area contributed by atoms with E-state index in [0.29, 0.717) is 31.4 Å². The predicted molar refractivity (Wildman–Crippen MR) is 111 cm³/mol. The lowest BCUT2D eigenvalue weighted by atomic mass is 9.68. The van der Waals surface area contributed by atoms with Gasteiger partial charge in [0.25, 0.3) is 0 Å².